The van der Waals surface area contributed by atoms with Gasteiger partial charge in [0.1, 0.15) is 5.82 Å². The third-order valence-electron chi connectivity index (χ3n) is 3.42. The van der Waals surface area contributed by atoms with E-state index in [0.29, 0.717) is 24.8 Å². The topological polar surface area (TPSA) is 66.4 Å². The van der Waals surface area contributed by atoms with E-state index in [-0.39, 0.29) is 23.4 Å². The van der Waals surface area contributed by atoms with Crippen molar-refractivity contribution in [3.8, 4) is 0 Å². The number of carboxylic acids is 1. The van der Waals surface area contributed by atoms with Gasteiger partial charge in [0.05, 0.1) is 5.92 Å². The van der Waals surface area contributed by atoms with Crippen molar-refractivity contribution in [2.75, 3.05) is 0 Å². The molecule has 19 heavy (non-hydrogen) atoms. The van der Waals surface area contributed by atoms with Crippen LogP contribution in [-0.4, -0.2) is 23.0 Å². The van der Waals surface area contributed by atoms with Gasteiger partial charge >= 0.3 is 5.97 Å². The van der Waals surface area contributed by atoms with Crippen LogP contribution in [0, 0.1) is 18.7 Å². The maximum absolute atomic E-state index is 13.2. The van der Waals surface area contributed by atoms with Gasteiger partial charge in [0.25, 0.3) is 5.91 Å². The summed E-state index contributed by atoms with van der Waals surface area (Å²) >= 11 is 0. The molecule has 1 aliphatic rings. The zero-order chi connectivity index (χ0) is 14.0. The zero-order valence-corrected chi connectivity index (χ0v) is 10.6. The molecule has 0 aromatic heterocycles. The smallest absolute Gasteiger partial charge is 0.306 e. The third kappa shape index (κ3) is 3.30. The third-order valence-corrected chi connectivity index (χ3v) is 3.42. The number of carbonyl (C=O) groups is 2. The molecule has 1 fully saturated rings. The Morgan fingerprint density at radius 2 is 2.05 bits per heavy atom. The fourth-order valence-corrected chi connectivity index (χ4v) is 2.47. The van der Waals surface area contributed by atoms with Gasteiger partial charge in [0, 0.05) is 11.6 Å². The number of carbonyl (C=O) groups excluding carboxylic acids is 1. The summed E-state index contributed by atoms with van der Waals surface area (Å²) < 4.78 is 13.2. The van der Waals surface area contributed by atoms with Gasteiger partial charge in [-0.2, -0.15) is 0 Å². The standard InChI is InChI=1S/C14H16FNO3/c1-8-4-10(6-11(15)5-8)13(17)16-12-3-2-9(7-12)14(18)19/h4-6,9,12H,2-3,7H2,1H3,(H,16,17)(H,18,19). The highest BCUT2D eigenvalue weighted by atomic mass is 19.1. The second kappa shape index (κ2) is 5.38. The van der Waals surface area contributed by atoms with E-state index in [9.17, 15) is 14.0 Å². The molecule has 2 N–H and O–H groups in total. The van der Waals surface area contributed by atoms with E-state index < -0.39 is 11.8 Å². The van der Waals surface area contributed by atoms with E-state index in [2.05, 4.69) is 5.32 Å². The number of aliphatic carboxylic acids is 1. The number of hydrogen-bond acceptors (Lipinski definition) is 2. The fourth-order valence-electron chi connectivity index (χ4n) is 2.47. The highest BCUT2D eigenvalue weighted by Gasteiger charge is 2.30. The first-order valence-electron chi connectivity index (χ1n) is 6.26. The SMILES string of the molecule is Cc1cc(F)cc(C(=O)NC2CCC(C(=O)O)C2)c1. The number of nitrogens with one attached hydrogen (secondary N) is 1. The summed E-state index contributed by atoms with van der Waals surface area (Å²) in [5.41, 5.74) is 0.955. The summed E-state index contributed by atoms with van der Waals surface area (Å²) in [6.07, 6.45) is 1.66. The Morgan fingerprint density at radius 1 is 1.32 bits per heavy atom. The molecule has 1 amide bonds. The molecule has 0 spiro atoms. The first kappa shape index (κ1) is 13.5. The molecule has 0 radical (unpaired) electrons. The van der Waals surface area contributed by atoms with Gasteiger partial charge in [0.2, 0.25) is 0 Å². The van der Waals surface area contributed by atoms with E-state index >= 15 is 0 Å². The average molecular weight is 265 g/mol. The molecule has 0 heterocycles. The summed E-state index contributed by atoms with van der Waals surface area (Å²) in [6.45, 7) is 1.72. The molecule has 2 rings (SSSR count). The predicted molar refractivity (Wildman–Crippen MR) is 67.4 cm³/mol. The Balaban J connectivity index is 2.00. The van der Waals surface area contributed by atoms with Gasteiger partial charge in [-0.3, -0.25) is 9.59 Å². The second-order valence-corrected chi connectivity index (χ2v) is 5.04. The molecule has 0 saturated heterocycles. The molecule has 1 aromatic rings. The van der Waals surface area contributed by atoms with Crippen LogP contribution in [0.5, 0.6) is 0 Å². The van der Waals surface area contributed by atoms with Crippen LogP contribution >= 0.6 is 0 Å². The quantitative estimate of drug-likeness (QED) is 0.879. The van der Waals surface area contributed by atoms with Crippen LogP contribution in [0.2, 0.25) is 0 Å². The van der Waals surface area contributed by atoms with Crippen molar-refractivity contribution in [2.45, 2.75) is 32.2 Å². The Labute approximate surface area is 110 Å². The Bertz CT molecular complexity index is 495. The number of aryl methyl sites for hydroxylation is 1. The van der Waals surface area contributed by atoms with Gasteiger partial charge in [-0.25, -0.2) is 4.39 Å². The minimum Gasteiger partial charge on any atom is -0.481 e. The highest BCUT2D eigenvalue weighted by Crippen LogP contribution is 2.25. The van der Waals surface area contributed by atoms with Crippen LogP contribution in [0.1, 0.15) is 35.2 Å². The molecule has 102 valence electrons. The van der Waals surface area contributed by atoms with E-state index in [1.54, 1.807) is 13.0 Å². The molecular formula is C14H16FNO3. The number of benzene rings is 1. The van der Waals surface area contributed by atoms with Crippen molar-refractivity contribution < 1.29 is 19.1 Å². The lowest BCUT2D eigenvalue weighted by Crippen LogP contribution is -2.33. The number of hydrogen-bond donors (Lipinski definition) is 2. The summed E-state index contributed by atoms with van der Waals surface area (Å²) in [7, 11) is 0. The van der Waals surface area contributed by atoms with Crippen molar-refractivity contribution in [1.82, 2.24) is 5.32 Å². The van der Waals surface area contributed by atoms with Gasteiger partial charge in [-0.15, -0.1) is 0 Å². The summed E-state index contributed by atoms with van der Waals surface area (Å²) in [6, 6.07) is 4.01. The summed E-state index contributed by atoms with van der Waals surface area (Å²) in [4.78, 5) is 22.8. The predicted octanol–water partition coefficient (Wildman–Crippen LogP) is 2.12. The number of rotatable bonds is 3. The van der Waals surface area contributed by atoms with E-state index in [1.807, 2.05) is 0 Å². The van der Waals surface area contributed by atoms with Crippen molar-refractivity contribution in [1.29, 1.82) is 0 Å². The van der Waals surface area contributed by atoms with Crippen molar-refractivity contribution >= 4 is 11.9 Å². The molecule has 5 heteroatoms. The molecule has 2 unspecified atom stereocenters. The van der Waals surface area contributed by atoms with E-state index in [4.69, 9.17) is 5.11 Å². The Hall–Kier alpha value is -1.91. The van der Waals surface area contributed by atoms with Crippen molar-refractivity contribution in [2.24, 2.45) is 5.92 Å². The van der Waals surface area contributed by atoms with E-state index in [1.165, 1.54) is 12.1 Å². The molecule has 0 aliphatic heterocycles. The molecule has 4 nitrogen and oxygen atoms in total. The minimum atomic E-state index is -0.821. The minimum absolute atomic E-state index is 0.142. The maximum Gasteiger partial charge on any atom is 0.306 e. The van der Waals surface area contributed by atoms with Crippen LogP contribution in [0.3, 0.4) is 0 Å². The fraction of sp³-hybridized carbons (Fsp3) is 0.429. The van der Waals surface area contributed by atoms with Gasteiger partial charge in [-0.1, -0.05) is 0 Å². The first-order chi connectivity index (χ1) is 8.95. The average Bonchev–Trinajstić information content (AvgIpc) is 2.76. The molecule has 0 bridgehead atoms. The van der Waals surface area contributed by atoms with Crippen LogP contribution in [0.25, 0.3) is 0 Å². The summed E-state index contributed by atoms with van der Waals surface area (Å²) in [5, 5.41) is 11.7. The monoisotopic (exact) mass is 265 g/mol. The second-order valence-electron chi connectivity index (χ2n) is 5.04. The highest BCUT2D eigenvalue weighted by molar-refractivity contribution is 5.94. The lowest BCUT2D eigenvalue weighted by molar-refractivity contribution is -0.141. The van der Waals surface area contributed by atoms with Gasteiger partial charge < -0.3 is 10.4 Å². The Morgan fingerprint density at radius 3 is 2.63 bits per heavy atom. The first-order valence-corrected chi connectivity index (χ1v) is 6.26. The Kier molecular flexibility index (Phi) is 3.83. The summed E-state index contributed by atoms with van der Waals surface area (Å²) in [5.74, 6) is -2.00. The van der Waals surface area contributed by atoms with Gasteiger partial charge in [-0.05, 0) is 49.9 Å². The maximum atomic E-state index is 13.2. The number of carboxylic acid groups (broad SMARTS) is 1. The normalized spacial score (nSPS) is 22.2. The largest absolute Gasteiger partial charge is 0.481 e. The lowest BCUT2D eigenvalue weighted by Gasteiger charge is -2.12. The van der Waals surface area contributed by atoms with E-state index in [0.717, 1.165) is 0 Å². The molecule has 1 aliphatic carbocycles. The molecular weight excluding hydrogens is 249 g/mol. The zero-order valence-electron chi connectivity index (χ0n) is 10.6. The molecule has 1 aromatic carbocycles. The lowest BCUT2D eigenvalue weighted by atomic mass is 10.1. The number of amides is 1. The van der Waals surface area contributed by atoms with Crippen LogP contribution in [0.4, 0.5) is 4.39 Å². The van der Waals surface area contributed by atoms with Crippen LogP contribution in [-0.2, 0) is 4.79 Å². The molecule has 2 atom stereocenters. The van der Waals surface area contributed by atoms with Gasteiger partial charge in [0.15, 0.2) is 0 Å². The van der Waals surface area contributed by atoms with Crippen LogP contribution in [0.15, 0.2) is 18.2 Å². The molecule has 1 saturated carbocycles. The van der Waals surface area contributed by atoms with Crippen molar-refractivity contribution in [3.05, 3.63) is 35.1 Å². The number of halogens is 1. The van der Waals surface area contributed by atoms with Crippen LogP contribution < -0.4 is 5.32 Å². The van der Waals surface area contributed by atoms with Crippen molar-refractivity contribution in [3.63, 3.8) is 0 Å².